The van der Waals surface area contributed by atoms with Crippen molar-refractivity contribution in [1.82, 2.24) is 10.2 Å². The van der Waals surface area contributed by atoms with Gasteiger partial charge in [-0.2, -0.15) is 0 Å². The molecule has 1 aliphatic carbocycles. The number of likely N-dealkylation sites (N-methyl/N-ethyl adjacent to an activating group) is 1. The number of nitrogens with one attached hydrogen (secondary N) is 1. The molecule has 0 spiro atoms. The fourth-order valence-corrected chi connectivity index (χ4v) is 3.29. The molecule has 1 saturated carbocycles. The molecule has 1 aromatic carbocycles. The molecule has 1 aliphatic rings. The number of hydrogen-bond donors (Lipinski definition) is 1. The van der Waals surface area contributed by atoms with Crippen LogP contribution in [-0.2, 0) is 4.79 Å². The molecule has 0 atom stereocenters. The van der Waals surface area contributed by atoms with Gasteiger partial charge in [0, 0.05) is 31.9 Å². The highest BCUT2D eigenvalue weighted by atomic mass is 16.2. The zero-order valence-corrected chi connectivity index (χ0v) is 14.6. The van der Waals surface area contributed by atoms with E-state index in [0.29, 0.717) is 12.6 Å². The fourth-order valence-electron chi connectivity index (χ4n) is 3.29. The number of nitrogens with zero attached hydrogens (tertiary/aromatic N) is 2. The molecule has 23 heavy (non-hydrogen) atoms. The van der Waals surface area contributed by atoms with Gasteiger partial charge in [-0.3, -0.25) is 9.69 Å². The molecular weight excluding hydrogens is 286 g/mol. The maximum Gasteiger partial charge on any atom is 0.234 e. The third-order valence-electron chi connectivity index (χ3n) is 4.78. The first kappa shape index (κ1) is 17.8. The van der Waals surface area contributed by atoms with E-state index in [9.17, 15) is 4.79 Å². The lowest BCUT2D eigenvalue weighted by atomic mass is 9.94. The molecule has 0 aromatic heterocycles. The van der Waals surface area contributed by atoms with Gasteiger partial charge in [0.15, 0.2) is 0 Å². The standard InChI is InChI=1S/C19H31N3O/c1-21(17-10-5-3-6-11-17)15-9-14-20-19(23)16-22(2)18-12-7-4-8-13-18/h3,5-6,10-11,18H,4,7-9,12-16H2,1-2H3,(H,20,23). The predicted octanol–water partition coefficient (Wildman–Crippen LogP) is 2.89. The van der Waals surface area contributed by atoms with Gasteiger partial charge in [0.1, 0.15) is 0 Å². The van der Waals surface area contributed by atoms with E-state index < -0.39 is 0 Å². The molecule has 1 aromatic rings. The van der Waals surface area contributed by atoms with Gasteiger partial charge in [-0.15, -0.1) is 0 Å². The Morgan fingerprint density at radius 3 is 2.52 bits per heavy atom. The van der Waals surface area contributed by atoms with Gasteiger partial charge in [0.2, 0.25) is 5.91 Å². The van der Waals surface area contributed by atoms with Crippen LogP contribution in [0.2, 0.25) is 0 Å². The second kappa shape index (κ2) is 9.56. The van der Waals surface area contributed by atoms with Crippen LogP contribution in [0, 0.1) is 0 Å². The lowest BCUT2D eigenvalue weighted by Gasteiger charge is -2.30. The molecule has 0 saturated heterocycles. The maximum atomic E-state index is 12.0. The first-order valence-electron chi connectivity index (χ1n) is 8.90. The van der Waals surface area contributed by atoms with Crippen molar-refractivity contribution in [2.24, 2.45) is 0 Å². The Hall–Kier alpha value is -1.55. The van der Waals surface area contributed by atoms with Gasteiger partial charge < -0.3 is 10.2 Å². The monoisotopic (exact) mass is 317 g/mol. The molecule has 1 N–H and O–H groups in total. The van der Waals surface area contributed by atoms with Crippen LogP contribution < -0.4 is 10.2 Å². The third kappa shape index (κ3) is 6.22. The molecule has 128 valence electrons. The molecule has 1 amide bonds. The second-order valence-electron chi connectivity index (χ2n) is 6.67. The number of anilines is 1. The summed E-state index contributed by atoms with van der Waals surface area (Å²) in [5, 5.41) is 3.05. The van der Waals surface area contributed by atoms with Gasteiger partial charge in [-0.05, 0) is 38.4 Å². The van der Waals surface area contributed by atoms with Crippen LogP contribution in [0.15, 0.2) is 30.3 Å². The second-order valence-corrected chi connectivity index (χ2v) is 6.67. The summed E-state index contributed by atoms with van der Waals surface area (Å²) in [5.41, 5.74) is 1.22. The minimum Gasteiger partial charge on any atom is -0.375 e. The molecule has 0 aliphatic heterocycles. The van der Waals surface area contributed by atoms with Crippen molar-refractivity contribution >= 4 is 11.6 Å². The average Bonchev–Trinajstić information content (AvgIpc) is 2.60. The normalized spacial score (nSPS) is 15.6. The van der Waals surface area contributed by atoms with Gasteiger partial charge in [0.25, 0.3) is 0 Å². The van der Waals surface area contributed by atoms with E-state index in [0.717, 1.165) is 19.5 Å². The highest BCUT2D eigenvalue weighted by Crippen LogP contribution is 2.21. The Kier molecular flexibility index (Phi) is 7.40. The molecular formula is C19H31N3O. The Balaban J connectivity index is 1.59. The van der Waals surface area contributed by atoms with E-state index in [1.807, 2.05) is 6.07 Å². The van der Waals surface area contributed by atoms with Crippen LogP contribution in [0.5, 0.6) is 0 Å². The minimum atomic E-state index is 0.153. The Labute approximate surface area is 140 Å². The fraction of sp³-hybridized carbons (Fsp3) is 0.632. The SMILES string of the molecule is CN(CCCNC(=O)CN(C)C1CCCCC1)c1ccccc1. The van der Waals surface area contributed by atoms with Crippen LogP contribution in [0.3, 0.4) is 0 Å². The quantitative estimate of drug-likeness (QED) is 0.749. The summed E-state index contributed by atoms with van der Waals surface area (Å²) >= 11 is 0. The van der Waals surface area contributed by atoms with E-state index in [2.05, 4.69) is 53.5 Å². The Morgan fingerprint density at radius 2 is 1.83 bits per heavy atom. The summed E-state index contributed by atoms with van der Waals surface area (Å²) < 4.78 is 0. The maximum absolute atomic E-state index is 12.0. The molecule has 0 radical (unpaired) electrons. The Bertz CT molecular complexity index is 457. The molecule has 4 nitrogen and oxygen atoms in total. The van der Waals surface area contributed by atoms with E-state index in [1.165, 1.54) is 37.8 Å². The summed E-state index contributed by atoms with van der Waals surface area (Å²) in [4.78, 5) is 16.5. The number of carbonyl (C=O) groups excluding carboxylic acids is 1. The van der Waals surface area contributed by atoms with E-state index in [-0.39, 0.29) is 5.91 Å². The zero-order chi connectivity index (χ0) is 16.5. The number of hydrogen-bond acceptors (Lipinski definition) is 3. The first-order chi connectivity index (χ1) is 11.2. The summed E-state index contributed by atoms with van der Waals surface area (Å²) in [6.45, 7) is 2.22. The number of benzene rings is 1. The highest BCUT2D eigenvalue weighted by Gasteiger charge is 2.19. The van der Waals surface area contributed by atoms with E-state index in [1.54, 1.807) is 0 Å². The average molecular weight is 317 g/mol. The summed E-state index contributed by atoms with van der Waals surface area (Å²) in [5.74, 6) is 0.153. The largest absolute Gasteiger partial charge is 0.375 e. The summed E-state index contributed by atoms with van der Waals surface area (Å²) in [6, 6.07) is 10.9. The Morgan fingerprint density at radius 1 is 1.13 bits per heavy atom. The highest BCUT2D eigenvalue weighted by molar-refractivity contribution is 5.77. The van der Waals surface area contributed by atoms with Crippen LogP contribution in [0.1, 0.15) is 38.5 Å². The summed E-state index contributed by atoms with van der Waals surface area (Å²) in [6.07, 6.45) is 7.41. The third-order valence-corrected chi connectivity index (χ3v) is 4.78. The van der Waals surface area contributed by atoms with Crippen LogP contribution in [0.4, 0.5) is 5.69 Å². The van der Waals surface area contributed by atoms with Gasteiger partial charge in [0.05, 0.1) is 6.54 Å². The van der Waals surface area contributed by atoms with Crippen LogP contribution in [0.25, 0.3) is 0 Å². The molecule has 4 heteroatoms. The van der Waals surface area contributed by atoms with Crippen LogP contribution in [-0.4, -0.2) is 50.6 Å². The predicted molar refractivity (Wildman–Crippen MR) is 96.8 cm³/mol. The molecule has 1 fully saturated rings. The van der Waals surface area contributed by atoms with Crippen molar-refractivity contribution in [3.05, 3.63) is 30.3 Å². The number of para-hydroxylation sites is 1. The minimum absolute atomic E-state index is 0.153. The van der Waals surface area contributed by atoms with Gasteiger partial charge >= 0.3 is 0 Å². The van der Waals surface area contributed by atoms with Crippen molar-refractivity contribution in [2.75, 3.05) is 38.6 Å². The topological polar surface area (TPSA) is 35.6 Å². The molecule has 0 bridgehead atoms. The number of amides is 1. The van der Waals surface area contributed by atoms with Gasteiger partial charge in [-0.1, -0.05) is 37.5 Å². The number of carbonyl (C=O) groups is 1. The van der Waals surface area contributed by atoms with Gasteiger partial charge in [-0.25, -0.2) is 0 Å². The van der Waals surface area contributed by atoms with E-state index in [4.69, 9.17) is 0 Å². The van der Waals surface area contributed by atoms with Crippen molar-refractivity contribution in [3.8, 4) is 0 Å². The van der Waals surface area contributed by atoms with Crippen molar-refractivity contribution in [3.63, 3.8) is 0 Å². The first-order valence-corrected chi connectivity index (χ1v) is 8.90. The smallest absolute Gasteiger partial charge is 0.234 e. The molecule has 0 unspecified atom stereocenters. The van der Waals surface area contributed by atoms with Crippen molar-refractivity contribution in [1.29, 1.82) is 0 Å². The molecule has 2 rings (SSSR count). The number of rotatable bonds is 8. The summed E-state index contributed by atoms with van der Waals surface area (Å²) in [7, 11) is 4.17. The lowest BCUT2D eigenvalue weighted by Crippen LogP contribution is -2.41. The van der Waals surface area contributed by atoms with E-state index >= 15 is 0 Å². The van der Waals surface area contributed by atoms with Crippen molar-refractivity contribution in [2.45, 2.75) is 44.6 Å². The van der Waals surface area contributed by atoms with Crippen molar-refractivity contribution < 1.29 is 4.79 Å². The van der Waals surface area contributed by atoms with Crippen LogP contribution >= 0.6 is 0 Å². The lowest BCUT2D eigenvalue weighted by molar-refractivity contribution is -0.122. The zero-order valence-electron chi connectivity index (χ0n) is 14.6. The molecule has 0 heterocycles.